The van der Waals surface area contributed by atoms with Crippen LogP contribution in [0.5, 0.6) is 11.5 Å². The molecule has 0 saturated carbocycles. The molecule has 144 valence electrons. The molecule has 0 radical (unpaired) electrons. The summed E-state index contributed by atoms with van der Waals surface area (Å²) in [5, 5.41) is 3.11. The van der Waals surface area contributed by atoms with Crippen LogP contribution in [0.4, 0.5) is 5.13 Å². The molecule has 7 heteroatoms. The van der Waals surface area contributed by atoms with Crippen molar-refractivity contribution >= 4 is 38.6 Å². The Morgan fingerprint density at radius 3 is 2.48 bits per heavy atom. The monoisotopic (exact) mass is 404 g/mol. The van der Waals surface area contributed by atoms with E-state index in [1.165, 1.54) is 11.3 Å². The number of hydrogen-bond acceptors (Lipinski definition) is 6. The first-order valence-electron chi connectivity index (χ1n) is 8.83. The van der Waals surface area contributed by atoms with E-state index < -0.39 is 18.5 Å². The van der Waals surface area contributed by atoms with Gasteiger partial charge in [-0.15, -0.1) is 0 Å². The number of esters is 1. The van der Waals surface area contributed by atoms with E-state index >= 15 is 0 Å². The number of anilines is 1. The number of benzene rings is 3. The zero-order chi connectivity index (χ0) is 20.1. The molecule has 0 aliphatic carbocycles. The van der Waals surface area contributed by atoms with Crippen LogP contribution < -0.4 is 10.1 Å². The number of ether oxygens (including phenoxy) is 2. The van der Waals surface area contributed by atoms with E-state index in [1.54, 1.807) is 24.3 Å². The van der Waals surface area contributed by atoms with Crippen molar-refractivity contribution < 1.29 is 19.1 Å². The van der Waals surface area contributed by atoms with Gasteiger partial charge in [0.15, 0.2) is 11.7 Å². The molecular formula is C22H16N2O4S. The van der Waals surface area contributed by atoms with E-state index in [0.29, 0.717) is 22.2 Å². The Balaban J connectivity index is 1.34. The maximum absolute atomic E-state index is 12.3. The summed E-state index contributed by atoms with van der Waals surface area (Å²) in [5.41, 5.74) is 1.10. The smallest absolute Gasteiger partial charge is 0.338 e. The minimum atomic E-state index is -0.608. The minimum absolute atomic E-state index is 0.297. The summed E-state index contributed by atoms with van der Waals surface area (Å²) >= 11 is 1.36. The Hall–Kier alpha value is -3.71. The lowest BCUT2D eigenvalue weighted by Crippen LogP contribution is -2.20. The van der Waals surface area contributed by atoms with E-state index in [0.717, 1.165) is 10.2 Å². The van der Waals surface area contributed by atoms with Crippen molar-refractivity contribution in [1.82, 2.24) is 4.98 Å². The van der Waals surface area contributed by atoms with Crippen LogP contribution in [0.3, 0.4) is 0 Å². The third-order valence-corrected chi connectivity index (χ3v) is 4.88. The fraction of sp³-hybridized carbons (Fsp3) is 0.0455. The molecule has 0 aliphatic heterocycles. The lowest BCUT2D eigenvalue weighted by atomic mass is 10.2. The van der Waals surface area contributed by atoms with Crippen LogP contribution in [0.25, 0.3) is 10.2 Å². The summed E-state index contributed by atoms with van der Waals surface area (Å²) in [6, 6.07) is 23.4. The third kappa shape index (κ3) is 4.77. The van der Waals surface area contributed by atoms with Crippen molar-refractivity contribution in [2.75, 3.05) is 11.9 Å². The van der Waals surface area contributed by atoms with Crippen LogP contribution in [0.2, 0.25) is 0 Å². The van der Waals surface area contributed by atoms with Crippen molar-refractivity contribution in [3.8, 4) is 11.5 Å². The standard InChI is InChI=1S/C22H16N2O4S/c25-20(24-22-23-18-11-4-5-12-19(18)29-22)14-27-21(26)15-7-6-10-17(13-15)28-16-8-2-1-3-9-16/h1-13H,14H2,(H,23,24,25). The van der Waals surface area contributed by atoms with Gasteiger partial charge in [-0.2, -0.15) is 0 Å². The summed E-state index contributed by atoms with van der Waals surface area (Å²) in [7, 11) is 0. The summed E-state index contributed by atoms with van der Waals surface area (Å²) in [6.07, 6.45) is 0. The number of nitrogens with one attached hydrogen (secondary N) is 1. The number of carbonyl (C=O) groups excluding carboxylic acids is 2. The van der Waals surface area contributed by atoms with Crippen molar-refractivity contribution in [3.63, 3.8) is 0 Å². The van der Waals surface area contributed by atoms with Gasteiger partial charge < -0.3 is 9.47 Å². The number of amides is 1. The van der Waals surface area contributed by atoms with Gasteiger partial charge in [0.05, 0.1) is 15.8 Å². The van der Waals surface area contributed by atoms with Gasteiger partial charge in [-0.1, -0.05) is 47.7 Å². The SMILES string of the molecule is O=C(COC(=O)c1cccc(Oc2ccccc2)c1)Nc1nc2ccccc2s1. The molecule has 1 heterocycles. The van der Waals surface area contributed by atoms with Crippen molar-refractivity contribution in [2.45, 2.75) is 0 Å². The lowest BCUT2D eigenvalue weighted by molar-refractivity contribution is -0.119. The minimum Gasteiger partial charge on any atom is -0.457 e. The van der Waals surface area contributed by atoms with Crippen LogP contribution in [-0.4, -0.2) is 23.5 Å². The van der Waals surface area contributed by atoms with Crippen molar-refractivity contribution in [3.05, 3.63) is 84.4 Å². The first-order valence-corrected chi connectivity index (χ1v) is 9.64. The zero-order valence-corrected chi connectivity index (χ0v) is 16.0. The average Bonchev–Trinajstić information content (AvgIpc) is 3.15. The molecular weight excluding hydrogens is 388 g/mol. The van der Waals surface area contributed by atoms with Gasteiger partial charge in [0.2, 0.25) is 0 Å². The topological polar surface area (TPSA) is 77.5 Å². The molecule has 1 aromatic heterocycles. The van der Waals surface area contributed by atoms with Gasteiger partial charge in [-0.3, -0.25) is 10.1 Å². The summed E-state index contributed by atoms with van der Waals surface area (Å²) in [4.78, 5) is 28.7. The first kappa shape index (κ1) is 18.6. The fourth-order valence-corrected chi connectivity index (χ4v) is 3.49. The summed E-state index contributed by atoms with van der Waals surface area (Å²) < 4.78 is 11.8. The van der Waals surface area contributed by atoms with Gasteiger partial charge in [0, 0.05) is 0 Å². The molecule has 1 N–H and O–H groups in total. The molecule has 29 heavy (non-hydrogen) atoms. The molecule has 0 aliphatic rings. The van der Waals surface area contributed by atoms with E-state index in [9.17, 15) is 9.59 Å². The predicted octanol–water partition coefficient (Wildman–Crippen LogP) is 4.88. The Morgan fingerprint density at radius 2 is 1.66 bits per heavy atom. The molecule has 0 unspecified atom stereocenters. The quantitative estimate of drug-likeness (QED) is 0.463. The normalized spacial score (nSPS) is 10.5. The van der Waals surface area contributed by atoms with E-state index in [1.807, 2.05) is 54.6 Å². The Morgan fingerprint density at radius 1 is 0.897 bits per heavy atom. The van der Waals surface area contributed by atoms with E-state index in [2.05, 4.69) is 10.3 Å². The van der Waals surface area contributed by atoms with Gasteiger partial charge in [0.25, 0.3) is 5.91 Å². The molecule has 0 bridgehead atoms. The van der Waals surface area contributed by atoms with Crippen LogP contribution in [0, 0.1) is 0 Å². The second kappa shape index (κ2) is 8.53. The molecule has 4 rings (SSSR count). The van der Waals surface area contributed by atoms with E-state index in [-0.39, 0.29) is 0 Å². The molecule has 1 amide bonds. The highest BCUT2D eigenvalue weighted by Gasteiger charge is 2.13. The van der Waals surface area contributed by atoms with Crippen LogP contribution in [0.1, 0.15) is 10.4 Å². The molecule has 0 fully saturated rings. The largest absolute Gasteiger partial charge is 0.457 e. The highest BCUT2D eigenvalue weighted by molar-refractivity contribution is 7.22. The summed E-state index contributed by atoms with van der Waals surface area (Å²) in [6.45, 7) is -0.404. The number of fused-ring (bicyclic) bond motifs is 1. The third-order valence-electron chi connectivity index (χ3n) is 3.92. The first-order chi connectivity index (χ1) is 14.2. The Kier molecular flexibility index (Phi) is 5.49. The molecule has 4 aromatic rings. The van der Waals surface area contributed by atoms with E-state index in [4.69, 9.17) is 9.47 Å². The maximum Gasteiger partial charge on any atom is 0.338 e. The van der Waals surface area contributed by atoms with Gasteiger partial charge >= 0.3 is 5.97 Å². The number of hydrogen-bond donors (Lipinski definition) is 1. The molecule has 0 atom stereocenters. The molecule has 6 nitrogen and oxygen atoms in total. The number of thiazole rings is 1. The van der Waals surface area contributed by atoms with Crippen LogP contribution >= 0.6 is 11.3 Å². The van der Waals surface area contributed by atoms with Crippen molar-refractivity contribution in [1.29, 1.82) is 0 Å². The lowest BCUT2D eigenvalue weighted by Gasteiger charge is -2.08. The number of nitrogens with zero attached hydrogens (tertiary/aromatic N) is 1. The predicted molar refractivity (Wildman–Crippen MR) is 111 cm³/mol. The highest BCUT2D eigenvalue weighted by atomic mass is 32.1. The van der Waals surface area contributed by atoms with Crippen molar-refractivity contribution in [2.24, 2.45) is 0 Å². The van der Waals surface area contributed by atoms with Crippen LogP contribution in [0.15, 0.2) is 78.9 Å². The second-order valence-corrected chi connectivity index (χ2v) is 7.08. The Labute approximate surface area is 170 Å². The fourth-order valence-electron chi connectivity index (χ4n) is 2.61. The number of rotatable bonds is 6. The highest BCUT2D eigenvalue weighted by Crippen LogP contribution is 2.25. The van der Waals surface area contributed by atoms with Gasteiger partial charge in [-0.05, 0) is 42.5 Å². The molecule has 0 spiro atoms. The van der Waals surface area contributed by atoms with Gasteiger partial charge in [-0.25, -0.2) is 9.78 Å². The Bertz CT molecular complexity index is 1120. The summed E-state index contributed by atoms with van der Waals surface area (Å²) in [5.74, 6) is 0.106. The molecule has 0 saturated heterocycles. The van der Waals surface area contributed by atoms with Gasteiger partial charge in [0.1, 0.15) is 11.5 Å². The average molecular weight is 404 g/mol. The van der Waals surface area contributed by atoms with Crippen LogP contribution in [-0.2, 0) is 9.53 Å². The zero-order valence-electron chi connectivity index (χ0n) is 15.2. The number of aromatic nitrogens is 1. The second-order valence-electron chi connectivity index (χ2n) is 6.05. The maximum atomic E-state index is 12.3. The number of carbonyl (C=O) groups is 2. The number of para-hydroxylation sites is 2. The molecule has 3 aromatic carbocycles.